The van der Waals surface area contributed by atoms with Crippen LogP contribution in [-0.4, -0.2) is 29.0 Å². The smallest absolute Gasteiger partial charge is 0.0617 e. The monoisotopic (exact) mass is 1730 g/mol. The first-order valence-electron chi connectivity index (χ1n) is 43.2. The molecule has 4 aromatic heterocycles. The van der Waals surface area contributed by atoms with Crippen LogP contribution < -0.4 is 0 Å². The average molecular weight is 1730 g/mol. The van der Waals surface area contributed by atoms with E-state index < -0.39 is 0 Å². The number of hydrogen-bond donors (Lipinski definition) is 0. The maximum atomic E-state index is 6.46. The van der Waals surface area contributed by atoms with Gasteiger partial charge in [0.25, 0.3) is 0 Å². The van der Waals surface area contributed by atoms with Crippen LogP contribution in [-0.2, 0) is 0 Å². The second-order valence-electron chi connectivity index (χ2n) is 33.2. The van der Waals surface area contributed by atoms with Gasteiger partial charge in [-0.25, -0.2) is 0 Å². The minimum absolute atomic E-state index is 0.176. The van der Waals surface area contributed by atoms with Crippen molar-refractivity contribution in [1.29, 1.82) is 0 Å². The summed E-state index contributed by atoms with van der Waals surface area (Å²) in [6.07, 6.45) is 0. The first-order valence-corrected chi connectivity index (χ1v) is 46.7. The summed E-state index contributed by atoms with van der Waals surface area (Å²) in [4.78, 5) is 0. The number of fused-ring (bicyclic) bond motifs is 20. The third kappa shape index (κ3) is 11.3. The fraction of sp³-hybridized carbons (Fsp3) is 0. The van der Waals surface area contributed by atoms with Crippen molar-refractivity contribution in [2.75, 3.05) is 0 Å². The Morgan fingerprint density at radius 3 is 0.738 bits per heavy atom. The van der Waals surface area contributed by atoms with Crippen LogP contribution in [0.1, 0.15) is 0 Å². The topological polar surface area (TPSA) is 26.3 Å². The SMILES string of the molecule is c1ccc(-c2c3ccccc3c(-c3ccc4[se]c5cccc(-c6c7ccccc7c(-c7cccc8oc9ccccc9c78)c7ccccc67)c5c4c3)c3ccccc23)cc1.c1ccc(-c2ccc3oc4ccc(-c5c6ccccc6c(-c6cccc7[se]c8ccc(-c9c%10ccccc%10c(-c%10ccccc%10)c%10ccccc9%10)cc8c67)c6ccccc56)cc4c3c2)cc1. The van der Waals surface area contributed by atoms with Gasteiger partial charge >= 0.3 is 684 Å². The Bertz CT molecular complexity index is 9000. The van der Waals surface area contributed by atoms with Crippen molar-refractivity contribution in [1.82, 2.24) is 0 Å². The van der Waals surface area contributed by atoms with Crippen molar-refractivity contribution >= 4 is 198 Å². The summed E-state index contributed by atoms with van der Waals surface area (Å²) in [7, 11) is 0. The van der Waals surface area contributed by atoms with Gasteiger partial charge in [-0.05, 0) is 17.2 Å². The average Bonchev–Trinajstić information content (AvgIpc) is 1.39. The standard InChI is InChI=1S/C64H38OSe.C58H34OSe/c1-3-16-39(17-4-1)41-30-33-56-53(36-41)54-37-42(31-34-57(54)65-56)61-48-24-11-13-26-50(48)63(51-27-14-12-25-49(51)61)52-28-15-29-59-64(52)55-38-43(32-35-58(55)66-59)62-46-22-9-7-20-44(46)60(40-18-5-2-6-19-40)45-21-8-10-23-47(45)62;1-2-16-35(17-3-1)53-37-18-4-6-20-39(37)54(40-21-7-5-19-38(40)53)36-32-33-51-48(34-36)58-47(28-15-31-52(58)60-51)56-43-24-10-8-22-41(43)55(42-23-9-11-25-44(42)56)46-27-14-30-50-57(46)45-26-12-13-29-49(45)59-50/h1-38H;1-34H. The summed E-state index contributed by atoms with van der Waals surface area (Å²) in [6, 6.07) is 161. The van der Waals surface area contributed by atoms with Crippen LogP contribution in [0.4, 0.5) is 0 Å². The van der Waals surface area contributed by atoms with Crippen LogP contribution in [0.3, 0.4) is 0 Å². The second kappa shape index (κ2) is 29.2. The summed E-state index contributed by atoms with van der Waals surface area (Å²) >= 11 is 0.360. The summed E-state index contributed by atoms with van der Waals surface area (Å²) in [6.45, 7) is 0. The van der Waals surface area contributed by atoms with Crippen molar-refractivity contribution in [2.24, 2.45) is 0 Å². The molecule has 0 saturated heterocycles. The van der Waals surface area contributed by atoms with Gasteiger partial charge in [0.05, 0.1) is 0 Å². The maximum absolute atomic E-state index is 6.46. The molecular weight excluding hydrogens is 1660 g/mol. The van der Waals surface area contributed by atoms with E-state index in [1.807, 2.05) is 0 Å². The van der Waals surface area contributed by atoms with E-state index in [1.165, 1.54) is 225 Å². The normalized spacial score (nSPS) is 12.0. The van der Waals surface area contributed by atoms with Gasteiger partial charge in [0, 0.05) is 0 Å². The molecule has 0 spiro atoms. The Hall–Kier alpha value is -15.2. The molecule has 0 aliphatic carbocycles. The molecule has 0 amide bonds. The van der Waals surface area contributed by atoms with Crippen LogP contribution in [0.2, 0.25) is 0 Å². The fourth-order valence-electron chi connectivity index (χ4n) is 21.3. The summed E-state index contributed by atoms with van der Waals surface area (Å²) < 4.78 is 18.6. The Kier molecular flexibility index (Phi) is 16.8. The molecule has 0 saturated carbocycles. The van der Waals surface area contributed by atoms with Gasteiger partial charge in [0.15, 0.2) is 0 Å². The Balaban J connectivity index is 0.000000135. The molecule has 0 aliphatic rings. The minimum Gasteiger partial charge on any atom is -0.0617 e. The first-order chi connectivity index (χ1) is 62.5. The van der Waals surface area contributed by atoms with Crippen LogP contribution in [0.15, 0.2) is 446 Å². The zero-order valence-corrected chi connectivity index (χ0v) is 71.6. The summed E-state index contributed by atoms with van der Waals surface area (Å²) in [5.41, 5.74) is 26.2. The molecule has 2 nitrogen and oxygen atoms in total. The second-order valence-corrected chi connectivity index (χ2v) is 37.8. The molecule has 0 unspecified atom stereocenters. The molecule has 0 fully saturated rings. The van der Waals surface area contributed by atoms with E-state index >= 15 is 0 Å². The molecule has 27 aromatic rings. The molecule has 0 N–H and O–H groups in total. The van der Waals surface area contributed by atoms with E-state index in [4.69, 9.17) is 8.83 Å². The van der Waals surface area contributed by atoms with Gasteiger partial charge in [0.1, 0.15) is 0 Å². The molecule has 0 aliphatic heterocycles. The van der Waals surface area contributed by atoms with Gasteiger partial charge in [0.2, 0.25) is 0 Å². The van der Waals surface area contributed by atoms with E-state index in [2.05, 4.69) is 437 Å². The van der Waals surface area contributed by atoms with E-state index in [9.17, 15) is 0 Å². The minimum atomic E-state index is 0.176. The van der Waals surface area contributed by atoms with Gasteiger partial charge in [-0.3, -0.25) is 0 Å². The number of para-hydroxylation sites is 1. The van der Waals surface area contributed by atoms with Gasteiger partial charge in [-0.1, -0.05) is 42.5 Å². The predicted molar refractivity (Wildman–Crippen MR) is 540 cm³/mol. The third-order valence-electron chi connectivity index (χ3n) is 26.5. The molecular formula is C122H72O2Se2. The molecule has 584 valence electrons. The van der Waals surface area contributed by atoms with Crippen molar-refractivity contribution in [3.8, 4) is 100 Å². The molecule has 126 heavy (non-hydrogen) atoms. The molecule has 0 bridgehead atoms. The molecule has 0 atom stereocenters. The molecule has 23 aromatic carbocycles. The van der Waals surface area contributed by atoms with Crippen LogP contribution >= 0.6 is 0 Å². The number of hydrogen-bond acceptors (Lipinski definition) is 2. The van der Waals surface area contributed by atoms with Crippen molar-refractivity contribution in [2.45, 2.75) is 0 Å². The predicted octanol–water partition coefficient (Wildman–Crippen LogP) is 34.1. The molecule has 0 radical (unpaired) electrons. The quantitative estimate of drug-likeness (QED) is 0.106. The van der Waals surface area contributed by atoms with Crippen molar-refractivity contribution in [3.05, 3.63) is 437 Å². The first kappa shape index (κ1) is 72.4. The van der Waals surface area contributed by atoms with E-state index in [1.54, 1.807) is 0 Å². The fourth-order valence-corrected chi connectivity index (χ4v) is 25.9. The Morgan fingerprint density at radius 2 is 0.373 bits per heavy atom. The molecule has 4 heterocycles. The number of benzene rings is 23. The summed E-state index contributed by atoms with van der Waals surface area (Å²) in [5.74, 6) is 0. The summed E-state index contributed by atoms with van der Waals surface area (Å²) in [5, 5.41) is 30.2. The van der Waals surface area contributed by atoms with E-state index in [-0.39, 0.29) is 29.0 Å². The molecule has 27 rings (SSSR count). The van der Waals surface area contributed by atoms with Gasteiger partial charge in [-0.2, -0.15) is 0 Å². The van der Waals surface area contributed by atoms with Gasteiger partial charge in [-0.15, -0.1) is 0 Å². The van der Waals surface area contributed by atoms with Crippen LogP contribution in [0.5, 0.6) is 0 Å². The van der Waals surface area contributed by atoms with Crippen molar-refractivity contribution in [3.63, 3.8) is 0 Å². The third-order valence-corrected chi connectivity index (χ3v) is 31.3. The zero-order chi connectivity index (χ0) is 82.6. The van der Waals surface area contributed by atoms with Crippen molar-refractivity contribution < 1.29 is 8.83 Å². The number of furan rings is 2. The molecule has 4 heteroatoms. The number of rotatable bonds is 9. The Morgan fingerprint density at radius 1 is 0.127 bits per heavy atom. The zero-order valence-electron chi connectivity index (χ0n) is 68.2. The van der Waals surface area contributed by atoms with Gasteiger partial charge < -0.3 is 0 Å². The van der Waals surface area contributed by atoms with Crippen LogP contribution in [0.25, 0.3) is 269 Å². The van der Waals surface area contributed by atoms with E-state index in [0.717, 1.165) is 43.9 Å². The van der Waals surface area contributed by atoms with Crippen LogP contribution in [0, 0.1) is 0 Å². The van der Waals surface area contributed by atoms with E-state index in [0.29, 0.717) is 0 Å². The Labute approximate surface area is 737 Å².